The average molecular weight is 373 g/mol. The zero-order chi connectivity index (χ0) is 19.7. The van der Waals surface area contributed by atoms with E-state index in [0.717, 1.165) is 16.6 Å². The fraction of sp³-hybridized carbons (Fsp3) is 0.348. The molecule has 1 fully saturated rings. The van der Waals surface area contributed by atoms with Crippen molar-refractivity contribution >= 4 is 11.0 Å². The largest absolute Gasteiger partial charge is 0.393 e. The first-order valence-corrected chi connectivity index (χ1v) is 9.63. The minimum Gasteiger partial charge on any atom is -0.393 e. The van der Waals surface area contributed by atoms with Crippen LogP contribution in [0.5, 0.6) is 0 Å². The van der Waals surface area contributed by atoms with Crippen LogP contribution in [0.4, 0.5) is 0 Å². The summed E-state index contributed by atoms with van der Waals surface area (Å²) >= 11 is 0. The summed E-state index contributed by atoms with van der Waals surface area (Å²) in [6, 6.07) is 18.0. The van der Waals surface area contributed by atoms with E-state index >= 15 is 0 Å². The van der Waals surface area contributed by atoms with Crippen LogP contribution in [0.15, 0.2) is 53.3 Å². The summed E-state index contributed by atoms with van der Waals surface area (Å²) in [6.07, 6.45) is 1.43. The summed E-state index contributed by atoms with van der Waals surface area (Å²) in [7, 11) is 0. The summed E-state index contributed by atoms with van der Waals surface area (Å²) in [6.45, 7) is 2.50. The predicted octanol–water partition coefficient (Wildman–Crippen LogP) is 3.45. The topological polar surface area (TPSA) is 78.9 Å². The lowest BCUT2D eigenvalue weighted by Gasteiger charge is -2.44. The molecule has 3 aromatic rings. The normalized spacial score (nSPS) is 21.2. The third-order valence-corrected chi connectivity index (χ3v) is 5.78. The first-order chi connectivity index (χ1) is 13.5. The van der Waals surface area contributed by atoms with Gasteiger partial charge in [-0.25, -0.2) is 4.98 Å². The van der Waals surface area contributed by atoms with Crippen LogP contribution in [0.3, 0.4) is 0 Å². The van der Waals surface area contributed by atoms with E-state index in [-0.39, 0.29) is 5.56 Å². The van der Waals surface area contributed by atoms with Crippen molar-refractivity contribution in [2.45, 2.75) is 50.7 Å². The van der Waals surface area contributed by atoms with Gasteiger partial charge in [-0.15, -0.1) is 0 Å². The lowest BCUT2D eigenvalue weighted by atomic mass is 9.62. The van der Waals surface area contributed by atoms with Gasteiger partial charge in [0.1, 0.15) is 5.69 Å². The molecule has 0 saturated heterocycles. The van der Waals surface area contributed by atoms with Crippen molar-refractivity contribution in [2.75, 3.05) is 0 Å². The Kier molecular flexibility index (Phi) is 4.74. The third kappa shape index (κ3) is 3.21. The number of hydrogen-bond acceptors (Lipinski definition) is 4. The van der Waals surface area contributed by atoms with Crippen molar-refractivity contribution in [1.82, 2.24) is 9.55 Å². The summed E-state index contributed by atoms with van der Waals surface area (Å²) in [5, 5.41) is 19.0. The van der Waals surface area contributed by atoms with E-state index in [0.29, 0.717) is 37.9 Å². The minimum atomic E-state index is -0.509. The van der Waals surface area contributed by atoms with Gasteiger partial charge in [0, 0.05) is 11.8 Å². The Morgan fingerprint density at radius 2 is 1.93 bits per heavy atom. The molecule has 5 nitrogen and oxygen atoms in total. The fourth-order valence-electron chi connectivity index (χ4n) is 4.22. The number of aliphatic hydroxyl groups is 1. The molecule has 1 N–H and O–H groups in total. The Hall–Kier alpha value is -2.97. The van der Waals surface area contributed by atoms with E-state index in [4.69, 9.17) is 10.2 Å². The molecule has 1 saturated carbocycles. The first-order valence-electron chi connectivity index (χ1n) is 9.63. The Morgan fingerprint density at radius 3 is 2.61 bits per heavy atom. The molecule has 0 aliphatic heterocycles. The molecular formula is C23H23N3O2. The molecular weight excluding hydrogens is 350 g/mol. The van der Waals surface area contributed by atoms with Gasteiger partial charge in [-0.1, -0.05) is 42.0 Å². The highest BCUT2D eigenvalue weighted by Crippen LogP contribution is 2.45. The van der Waals surface area contributed by atoms with E-state index < -0.39 is 11.5 Å². The lowest BCUT2D eigenvalue weighted by molar-refractivity contribution is 0.0109. The van der Waals surface area contributed by atoms with Crippen LogP contribution in [0.1, 0.15) is 42.5 Å². The fourth-order valence-corrected chi connectivity index (χ4v) is 4.22. The van der Waals surface area contributed by atoms with E-state index in [9.17, 15) is 9.90 Å². The summed E-state index contributed by atoms with van der Waals surface area (Å²) in [4.78, 5) is 18.2. The van der Waals surface area contributed by atoms with Gasteiger partial charge in [0.2, 0.25) is 0 Å². The molecule has 2 aromatic carbocycles. The van der Waals surface area contributed by atoms with Gasteiger partial charge in [-0.3, -0.25) is 4.79 Å². The smallest absolute Gasteiger partial charge is 0.273 e. The highest BCUT2D eigenvalue weighted by atomic mass is 16.3. The molecule has 28 heavy (non-hydrogen) atoms. The summed E-state index contributed by atoms with van der Waals surface area (Å²) in [5.41, 5.74) is 3.65. The number of nitriles is 1. The zero-order valence-electron chi connectivity index (χ0n) is 15.9. The van der Waals surface area contributed by atoms with Crippen molar-refractivity contribution in [1.29, 1.82) is 5.26 Å². The monoisotopic (exact) mass is 373 g/mol. The molecule has 0 bridgehead atoms. The van der Waals surface area contributed by atoms with Crippen LogP contribution in [0.2, 0.25) is 0 Å². The molecule has 5 heteroatoms. The van der Waals surface area contributed by atoms with E-state index in [2.05, 4.69) is 6.07 Å². The van der Waals surface area contributed by atoms with Crippen LogP contribution in [-0.4, -0.2) is 20.8 Å². The number of aliphatic hydroxyl groups excluding tert-OH is 1. The highest BCUT2D eigenvalue weighted by Gasteiger charge is 2.47. The number of aromatic nitrogens is 2. The van der Waals surface area contributed by atoms with Gasteiger partial charge < -0.3 is 9.67 Å². The number of benzene rings is 2. The van der Waals surface area contributed by atoms with Crippen molar-refractivity contribution in [3.8, 4) is 6.07 Å². The molecule has 1 heterocycles. The summed E-state index contributed by atoms with van der Waals surface area (Å²) in [5.74, 6) is 0. The summed E-state index contributed by atoms with van der Waals surface area (Å²) < 4.78 is 1.78. The minimum absolute atomic E-state index is 0.121. The Bertz CT molecular complexity index is 1100. The van der Waals surface area contributed by atoms with Crippen molar-refractivity contribution in [3.63, 3.8) is 0 Å². The average Bonchev–Trinajstić information content (AvgIpc) is 2.68. The first kappa shape index (κ1) is 18.4. The second-order valence-electron chi connectivity index (χ2n) is 7.83. The number of nitrogens with zero attached hydrogens (tertiary/aromatic N) is 3. The lowest BCUT2D eigenvalue weighted by Crippen LogP contribution is -2.49. The molecule has 1 aromatic heterocycles. The second-order valence-corrected chi connectivity index (χ2v) is 7.83. The molecule has 142 valence electrons. The molecule has 0 unspecified atom stereocenters. The molecule has 0 spiro atoms. The highest BCUT2D eigenvalue weighted by molar-refractivity contribution is 5.75. The Labute approximate surface area is 163 Å². The van der Waals surface area contributed by atoms with Gasteiger partial charge in [-0.2, -0.15) is 5.26 Å². The quantitative estimate of drug-likeness (QED) is 0.743. The number of hydrogen-bond donors (Lipinski definition) is 1. The number of para-hydroxylation sites is 2. The van der Waals surface area contributed by atoms with Gasteiger partial charge in [0.15, 0.2) is 0 Å². The van der Waals surface area contributed by atoms with Gasteiger partial charge in [0.05, 0.1) is 29.8 Å². The van der Waals surface area contributed by atoms with Gasteiger partial charge in [-0.05, 0) is 43.9 Å². The zero-order valence-corrected chi connectivity index (χ0v) is 15.9. The number of fused-ring (bicyclic) bond motifs is 1. The van der Waals surface area contributed by atoms with Crippen LogP contribution in [0, 0.1) is 18.3 Å². The van der Waals surface area contributed by atoms with Crippen LogP contribution >= 0.6 is 0 Å². The van der Waals surface area contributed by atoms with Crippen LogP contribution in [-0.2, 0) is 12.0 Å². The SMILES string of the molecule is Cc1ccc(Cn2c(=O)c(C3(CCC#N)CC(O)C3)nc3ccccc32)cc1. The van der Waals surface area contributed by atoms with Crippen LogP contribution < -0.4 is 5.56 Å². The molecule has 0 atom stereocenters. The van der Waals surface area contributed by atoms with Gasteiger partial charge in [0.25, 0.3) is 5.56 Å². The van der Waals surface area contributed by atoms with E-state index in [1.807, 2.05) is 55.5 Å². The molecule has 0 amide bonds. The van der Waals surface area contributed by atoms with E-state index in [1.165, 1.54) is 5.56 Å². The molecule has 0 radical (unpaired) electrons. The number of rotatable bonds is 5. The van der Waals surface area contributed by atoms with Crippen molar-refractivity contribution in [3.05, 3.63) is 75.7 Å². The maximum Gasteiger partial charge on any atom is 0.273 e. The second kappa shape index (κ2) is 7.21. The Morgan fingerprint density at radius 1 is 1.21 bits per heavy atom. The van der Waals surface area contributed by atoms with Crippen molar-refractivity contribution < 1.29 is 5.11 Å². The molecule has 1 aliphatic carbocycles. The third-order valence-electron chi connectivity index (χ3n) is 5.78. The predicted molar refractivity (Wildman–Crippen MR) is 108 cm³/mol. The maximum atomic E-state index is 13.5. The van der Waals surface area contributed by atoms with Crippen molar-refractivity contribution in [2.24, 2.45) is 0 Å². The number of aryl methyl sites for hydroxylation is 1. The maximum absolute atomic E-state index is 13.5. The molecule has 4 rings (SSSR count). The van der Waals surface area contributed by atoms with Gasteiger partial charge >= 0.3 is 0 Å². The van der Waals surface area contributed by atoms with Crippen LogP contribution in [0.25, 0.3) is 11.0 Å². The Balaban J connectivity index is 1.87. The standard InChI is InChI=1S/C23H23N3O2/c1-16-7-9-17(10-8-16)15-26-20-6-3-2-5-19(20)25-21(22(26)28)23(11-4-12-24)13-18(27)14-23/h2-3,5-10,18,27H,4,11,13-15H2,1H3. The van der Waals surface area contributed by atoms with E-state index in [1.54, 1.807) is 4.57 Å². The molecule has 1 aliphatic rings.